The fourth-order valence-corrected chi connectivity index (χ4v) is 2.55. The SMILES string of the molecule is O=[N+]([O-])c1cc(Br)ccc1NCc1ccc2c(c1)OCCO2. The number of rotatable bonds is 4. The van der Waals surface area contributed by atoms with E-state index < -0.39 is 4.92 Å². The molecule has 0 bridgehead atoms. The Morgan fingerprint density at radius 3 is 2.68 bits per heavy atom. The number of ether oxygens (including phenoxy) is 2. The molecular weight excluding hydrogens is 352 g/mol. The fraction of sp³-hybridized carbons (Fsp3) is 0.200. The van der Waals surface area contributed by atoms with E-state index in [1.54, 1.807) is 12.1 Å². The number of nitro groups is 1. The molecule has 0 atom stereocenters. The van der Waals surface area contributed by atoms with Crippen LogP contribution in [0.15, 0.2) is 40.9 Å². The van der Waals surface area contributed by atoms with Crippen LogP contribution in [0.25, 0.3) is 0 Å². The molecule has 2 aromatic carbocycles. The van der Waals surface area contributed by atoms with Gasteiger partial charge in [0, 0.05) is 17.1 Å². The Morgan fingerprint density at radius 1 is 1.14 bits per heavy atom. The second-order valence-corrected chi connectivity index (χ2v) is 5.67. The summed E-state index contributed by atoms with van der Waals surface area (Å²) in [5, 5.41) is 14.2. The van der Waals surface area contributed by atoms with E-state index in [2.05, 4.69) is 21.2 Å². The van der Waals surface area contributed by atoms with Crippen molar-refractivity contribution in [3.05, 3.63) is 56.5 Å². The molecule has 3 rings (SSSR count). The third kappa shape index (κ3) is 3.14. The predicted octanol–water partition coefficient (Wildman–Crippen LogP) is 3.74. The summed E-state index contributed by atoms with van der Waals surface area (Å²) in [4.78, 5) is 10.7. The lowest BCUT2D eigenvalue weighted by Crippen LogP contribution is -2.15. The molecule has 0 radical (unpaired) electrons. The molecule has 1 aliphatic rings. The van der Waals surface area contributed by atoms with E-state index in [4.69, 9.17) is 9.47 Å². The van der Waals surface area contributed by atoms with Gasteiger partial charge in [-0.05, 0) is 29.8 Å². The highest BCUT2D eigenvalue weighted by molar-refractivity contribution is 9.10. The lowest BCUT2D eigenvalue weighted by atomic mass is 10.2. The Bertz CT molecular complexity index is 721. The van der Waals surface area contributed by atoms with Gasteiger partial charge in [-0.15, -0.1) is 0 Å². The smallest absolute Gasteiger partial charge is 0.293 e. The van der Waals surface area contributed by atoms with Crippen LogP contribution in [-0.4, -0.2) is 18.1 Å². The highest BCUT2D eigenvalue weighted by atomic mass is 79.9. The van der Waals surface area contributed by atoms with Crippen molar-refractivity contribution >= 4 is 27.3 Å². The van der Waals surface area contributed by atoms with Crippen LogP contribution in [0, 0.1) is 10.1 Å². The Hall–Kier alpha value is -2.28. The first-order valence-electron chi connectivity index (χ1n) is 6.70. The molecule has 2 aromatic rings. The van der Waals surface area contributed by atoms with Crippen LogP contribution >= 0.6 is 15.9 Å². The minimum atomic E-state index is -0.406. The van der Waals surface area contributed by atoms with Crippen LogP contribution in [0.2, 0.25) is 0 Å². The lowest BCUT2D eigenvalue weighted by molar-refractivity contribution is -0.384. The minimum Gasteiger partial charge on any atom is -0.486 e. The zero-order valence-corrected chi connectivity index (χ0v) is 13.1. The van der Waals surface area contributed by atoms with Gasteiger partial charge in [-0.2, -0.15) is 0 Å². The summed E-state index contributed by atoms with van der Waals surface area (Å²) in [6, 6.07) is 10.6. The number of halogens is 1. The van der Waals surface area contributed by atoms with Crippen LogP contribution < -0.4 is 14.8 Å². The molecule has 0 saturated carbocycles. The van der Waals surface area contributed by atoms with Gasteiger partial charge in [0.15, 0.2) is 11.5 Å². The second kappa shape index (κ2) is 6.23. The molecule has 0 fully saturated rings. The quantitative estimate of drug-likeness (QED) is 0.660. The van der Waals surface area contributed by atoms with Gasteiger partial charge >= 0.3 is 0 Å². The lowest BCUT2D eigenvalue weighted by Gasteiger charge is -2.19. The van der Waals surface area contributed by atoms with Gasteiger partial charge in [-0.1, -0.05) is 22.0 Å². The summed E-state index contributed by atoms with van der Waals surface area (Å²) in [6.45, 7) is 1.54. The summed E-state index contributed by atoms with van der Waals surface area (Å²) >= 11 is 3.24. The number of hydrogen-bond donors (Lipinski definition) is 1. The Labute approximate surface area is 135 Å². The highest BCUT2D eigenvalue weighted by Crippen LogP contribution is 2.32. The molecule has 7 heteroatoms. The maximum absolute atomic E-state index is 11.1. The Balaban J connectivity index is 1.77. The summed E-state index contributed by atoms with van der Waals surface area (Å²) < 4.78 is 11.7. The standard InChI is InChI=1S/C15H13BrN2O4/c16-11-2-3-12(13(8-11)18(19)20)17-9-10-1-4-14-15(7-10)22-6-5-21-14/h1-4,7-8,17H,5-6,9H2. The first-order valence-corrected chi connectivity index (χ1v) is 7.49. The number of hydrogen-bond acceptors (Lipinski definition) is 5. The number of fused-ring (bicyclic) bond motifs is 1. The molecule has 0 spiro atoms. The number of nitrogens with one attached hydrogen (secondary N) is 1. The molecule has 1 heterocycles. The van der Waals surface area contributed by atoms with Crippen molar-refractivity contribution in [2.75, 3.05) is 18.5 Å². The summed E-state index contributed by atoms with van der Waals surface area (Å²) in [6.07, 6.45) is 0. The van der Waals surface area contributed by atoms with Crippen LogP contribution in [0.4, 0.5) is 11.4 Å². The van der Waals surface area contributed by atoms with Gasteiger partial charge in [-0.25, -0.2) is 0 Å². The second-order valence-electron chi connectivity index (χ2n) is 4.75. The molecule has 114 valence electrons. The zero-order chi connectivity index (χ0) is 15.5. The number of anilines is 1. The van der Waals surface area contributed by atoms with Gasteiger partial charge in [0.25, 0.3) is 5.69 Å². The van der Waals surface area contributed by atoms with Crippen molar-refractivity contribution in [1.29, 1.82) is 0 Å². The maximum Gasteiger partial charge on any atom is 0.293 e. The van der Waals surface area contributed by atoms with Crippen molar-refractivity contribution in [2.45, 2.75) is 6.54 Å². The zero-order valence-electron chi connectivity index (χ0n) is 11.5. The van der Waals surface area contributed by atoms with Crippen molar-refractivity contribution in [2.24, 2.45) is 0 Å². The van der Waals surface area contributed by atoms with Gasteiger partial charge in [0.2, 0.25) is 0 Å². The van der Waals surface area contributed by atoms with Crippen LogP contribution in [0.1, 0.15) is 5.56 Å². The topological polar surface area (TPSA) is 73.6 Å². The molecule has 1 aliphatic heterocycles. The van der Waals surface area contributed by atoms with E-state index in [9.17, 15) is 10.1 Å². The number of benzene rings is 2. The number of nitrogens with zero attached hydrogens (tertiary/aromatic N) is 1. The normalized spacial score (nSPS) is 12.8. The largest absolute Gasteiger partial charge is 0.486 e. The van der Waals surface area contributed by atoms with Gasteiger partial charge in [0.05, 0.1) is 4.92 Å². The van der Waals surface area contributed by atoms with E-state index in [0.717, 1.165) is 11.3 Å². The van der Waals surface area contributed by atoms with Gasteiger partial charge < -0.3 is 14.8 Å². The molecule has 0 aromatic heterocycles. The van der Waals surface area contributed by atoms with E-state index in [1.807, 2.05) is 18.2 Å². The van der Waals surface area contributed by atoms with E-state index in [-0.39, 0.29) is 5.69 Å². The molecule has 0 saturated heterocycles. The van der Waals surface area contributed by atoms with Crippen molar-refractivity contribution in [1.82, 2.24) is 0 Å². The van der Waals surface area contributed by atoms with Crippen LogP contribution in [0.3, 0.4) is 0 Å². The molecular formula is C15H13BrN2O4. The van der Waals surface area contributed by atoms with Crippen LogP contribution in [0.5, 0.6) is 11.5 Å². The predicted molar refractivity (Wildman–Crippen MR) is 85.6 cm³/mol. The summed E-state index contributed by atoms with van der Waals surface area (Å²) in [5.74, 6) is 1.43. The van der Waals surface area contributed by atoms with Gasteiger partial charge in [-0.3, -0.25) is 10.1 Å². The summed E-state index contributed by atoms with van der Waals surface area (Å²) in [5.41, 5.74) is 1.47. The van der Waals surface area contributed by atoms with E-state index in [1.165, 1.54) is 6.07 Å². The Morgan fingerprint density at radius 2 is 1.91 bits per heavy atom. The maximum atomic E-state index is 11.1. The number of nitro benzene ring substituents is 1. The van der Waals surface area contributed by atoms with E-state index in [0.29, 0.717) is 35.7 Å². The molecule has 0 amide bonds. The van der Waals surface area contributed by atoms with Crippen molar-refractivity contribution < 1.29 is 14.4 Å². The van der Waals surface area contributed by atoms with Crippen molar-refractivity contribution in [3.8, 4) is 11.5 Å². The highest BCUT2D eigenvalue weighted by Gasteiger charge is 2.15. The monoisotopic (exact) mass is 364 g/mol. The Kier molecular flexibility index (Phi) is 4.15. The summed E-state index contributed by atoms with van der Waals surface area (Å²) in [7, 11) is 0. The average molecular weight is 365 g/mol. The minimum absolute atomic E-state index is 0.0342. The molecule has 1 N–H and O–H groups in total. The van der Waals surface area contributed by atoms with E-state index >= 15 is 0 Å². The molecule has 0 aliphatic carbocycles. The third-order valence-electron chi connectivity index (χ3n) is 3.25. The van der Waals surface area contributed by atoms with Gasteiger partial charge in [0.1, 0.15) is 18.9 Å². The average Bonchev–Trinajstić information content (AvgIpc) is 2.53. The first-order chi connectivity index (χ1) is 10.6. The van der Waals surface area contributed by atoms with Crippen molar-refractivity contribution in [3.63, 3.8) is 0 Å². The molecule has 6 nitrogen and oxygen atoms in total. The molecule has 22 heavy (non-hydrogen) atoms. The third-order valence-corrected chi connectivity index (χ3v) is 3.74. The first kappa shape index (κ1) is 14.6. The molecule has 0 unspecified atom stereocenters. The van der Waals surface area contributed by atoms with Crippen LogP contribution in [-0.2, 0) is 6.54 Å². The fourth-order valence-electron chi connectivity index (χ4n) is 2.20.